The Hall–Kier alpha value is -1.45. The molecule has 2 aromatic carbocycles. The Labute approximate surface area is 134 Å². The number of aryl methyl sites for hydroxylation is 1. The standard InChI is InChI=1S/C17H18ClNOS/c1-3-13-4-8-15(9-5-13)19-17(20)12(2)21-16-10-6-14(18)7-11-16/h4-12H,3H2,1-2H3,(H,19,20). The van der Waals surface area contributed by atoms with Crippen LogP contribution in [0.5, 0.6) is 0 Å². The van der Waals surface area contributed by atoms with Crippen molar-refractivity contribution >= 4 is 35.0 Å². The molecule has 1 N–H and O–H groups in total. The monoisotopic (exact) mass is 319 g/mol. The summed E-state index contributed by atoms with van der Waals surface area (Å²) in [5.41, 5.74) is 2.09. The first-order chi connectivity index (χ1) is 10.1. The molecule has 110 valence electrons. The maximum atomic E-state index is 12.2. The van der Waals surface area contributed by atoms with Crippen molar-refractivity contribution in [3.63, 3.8) is 0 Å². The van der Waals surface area contributed by atoms with Gasteiger partial charge in [-0.3, -0.25) is 4.79 Å². The second kappa shape index (κ2) is 7.53. The number of hydrogen-bond acceptors (Lipinski definition) is 2. The van der Waals surface area contributed by atoms with Crippen LogP contribution < -0.4 is 5.32 Å². The summed E-state index contributed by atoms with van der Waals surface area (Å²) in [5.74, 6) is -0.000742. The van der Waals surface area contributed by atoms with E-state index in [9.17, 15) is 4.79 Å². The van der Waals surface area contributed by atoms with Crippen LogP contribution in [0.1, 0.15) is 19.4 Å². The number of carbonyl (C=O) groups is 1. The quantitative estimate of drug-likeness (QED) is 0.784. The molecule has 21 heavy (non-hydrogen) atoms. The van der Waals surface area contributed by atoms with Gasteiger partial charge in [-0.25, -0.2) is 0 Å². The van der Waals surface area contributed by atoms with Crippen LogP contribution >= 0.6 is 23.4 Å². The fraction of sp³-hybridized carbons (Fsp3) is 0.235. The molecule has 0 spiro atoms. The summed E-state index contributed by atoms with van der Waals surface area (Å²) in [6.45, 7) is 4.01. The van der Waals surface area contributed by atoms with Gasteiger partial charge in [0.1, 0.15) is 0 Å². The van der Waals surface area contributed by atoms with Crippen molar-refractivity contribution in [1.82, 2.24) is 0 Å². The Balaban J connectivity index is 1.93. The van der Waals surface area contributed by atoms with E-state index in [-0.39, 0.29) is 11.2 Å². The van der Waals surface area contributed by atoms with Crippen LogP contribution in [0.3, 0.4) is 0 Å². The summed E-state index contributed by atoms with van der Waals surface area (Å²) in [5, 5.41) is 3.47. The molecule has 0 aliphatic carbocycles. The molecule has 0 aromatic heterocycles. The van der Waals surface area contributed by atoms with Gasteiger partial charge in [0.2, 0.25) is 5.91 Å². The highest BCUT2D eigenvalue weighted by atomic mass is 35.5. The molecule has 0 aliphatic heterocycles. The van der Waals surface area contributed by atoms with Gasteiger partial charge >= 0.3 is 0 Å². The predicted molar refractivity (Wildman–Crippen MR) is 91.2 cm³/mol. The minimum Gasteiger partial charge on any atom is -0.325 e. The van der Waals surface area contributed by atoms with Crippen LogP contribution in [0.2, 0.25) is 5.02 Å². The van der Waals surface area contributed by atoms with Crippen molar-refractivity contribution in [1.29, 1.82) is 0 Å². The number of thioether (sulfide) groups is 1. The van der Waals surface area contributed by atoms with Gasteiger partial charge in [0, 0.05) is 15.6 Å². The highest BCUT2D eigenvalue weighted by Gasteiger charge is 2.14. The molecular weight excluding hydrogens is 302 g/mol. The number of carbonyl (C=O) groups excluding carboxylic acids is 1. The van der Waals surface area contributed by atoms with E-state index >= 15 is 0 Å². The molecule has 0 bridgehead atoms. The third-order valence-electron chi connectivity index (χ3n) is 3.13. The zero-order valence-corrected chi connectivity index (χ0v) is 13.7. The van der Waals surface area contributed by atoms with E-state index in [0.29, 0.717) is 5.02 Å². The number of amides is 1. The summed E-state index contributed by atoms with van der Waals surface area (Å²) in [7, 11) is 0. The van der Waals surface area contributed by atoms with Gasteiger partial charge in [0.25, 0.3) is 0 Å². The Morgan fingerprint density at radius 1 is 1.14 bits per heavy atom. The van der Waals surface area contributed by atoms with Crippen LogP contribution in [0.15, 0.2) is 53.4 Å². The minimum absolute atomic E-state index is 0.000742. The van der Waals surface area contributed by atoms with Crippen LogP contribution in [-0.4, -0.2) is 11.2 Å². The molecular formula is C17H18ClNOS. The summed E-state index contributed by atoms with van der Waals surface area (Å²) in [4.78, 5) is 13.2. The van der Waals surface area contributed by atoms with E-state index in [1.54, 1.807) is 0 Å². The third kappa shape index (κ3) is 4.80. The second-order valence-electron chi connectivity index (χ2n) is 4.75. The first-order valence-corrected chi connectivity index (χ1v) is 8.16. The highest BCUT2D eigenvalue weighted by molar-refractivity contribution is 8.00. The van der Waals surface area contributed by atoms with Crippen LogP contribution in [-0.2, 0) is 11.2 Å². The number of anilines is 1. The zero-order chi connectivity index (χ0) is 15.2. The van der Waals surface area contributed by atoms with Crippen LogP contribution in [0, 0.1) is 0 Å². The van der Waals surface area contributed by atoms with E-state index in [0.717, 1.165) is 17.0 Å². The summed E-state index contributed by atoms with van der Waals surface area (Å²) in [6, 6.07) is 15.5. The van der Waals surface area contributed by atoms with Gasteiger partial charge in [-0.15, -0.1) is 11.8 Å². The van der Waals surface area contributed by atoms with Gasteiger partial charge in [-0.1, -0.05) is 30.7 Å². The lowest BCUT2D eigenvalue weighted by Gasteiger charge is -2.12. The number of halogens is 1. The number of rotatable bonds is 5. The van der Waals surface area contributed by atoms with E-state index < -0.39 is 0 Å². The van der Waals surface area contributed by atoms with Crippen molar-refractivity contribution in [2.24, 2.45) is 0 Å². The minimum atomic E-state index is -0.169. The molecule has 4 heteroatoms. The summed E-state index contributed by atoms with van der Waals surface area (Å²) < 4.78 is 0. The fourth-order valence-electron chi connectivity index (χ4n) is 1.84. The van der Waals surface area contributed by atoms with Crippen molar-refractivity contribution in [3.05, 3.63) is 59.1 Å². The second-order valence-corrected chi connectivity index (χ2v) is 6.60. The van der Waals surface area contributed by atoms with E-state index in [4.69, 9.17) is 11.6 Å². The zero-order valence-electron chi connectivity index (χ0n) is 12.1. The molecule has 0 heterocycles. The normalized spacial score (nSPS) is 12.0. The number of hydrogen-bond donors (Lipinski definition) is 1. The molecule has 0 saturated carbocycles. The predicted octanol–water partition coefficient (Wildman–Crippen LogP) is 5.02. The lowest BCUT2D eigenvalue weighted by atomic mass is 10.1. The lowest BCUT2D eigenvalue weighted by molar-refractivity contribution is -0.115. The molecule has 0 radical (unpaired) electrons. The van der Waals surface area contributed by atoms with Crippen molar-refractivity contribution in [3.8, 4) is 0 Å². The average Bonchev–Trinajstić information content (AvgIpc) is 2.50. The van der Waals surface area contributed by atoms with Gasteiger partial charge in [0.05, 0.1) is 5.25 Å². The van der Waals surface area contributed by atoms with Crippen LogP contribution in [0.4, 0.5) is 5.69 Å². The first-order valence-electron chi connectivity index (χ1n) is 6.90. The number of nitrogens with one attached hydrogen (secondary N) is 1. The van der Waals surface area contributed by atoms with Crippen molar-refractivity contribution in [2.45, 2.75) is 30.4 Å². The Bertz CT molecular complexity index is 595. The van der Waals surface area contributed by atoms with Crippen molar-refractivity contribution < 1.29 is 4.79 Å². The smallest absolute Gasteiger partial charge is 0.237 e. The van der Waals surface area contributed by atoms with Gasteiger partial charge in [-0.2, -0.15) is 0 Å². The lowest BCUT2D eigenvalue weighted by Crippen LogP contribution is -2.22. The average molecular weight is 320 g/mol. The van der Waals surface area contributed by atoms with E-state index in [1.807, 2.05) is 55.5 Å². The fourth-order valence-corrected chi connectivity index (χ4v) is 2.83. The van der Waals surface area contributed by atoms with Gasteiger partial charge in [-0.05, 0) is 55.3 Å². The topological polar surface area (TPSA) is 29.1 Å². The molecule has 2 rings (SSSR count). The largest absolute Gasteiger partial charge is 0.325 e. The Kier molecular flexibility index (Phi) is 5.71. The van der Waals surface area contributed by atoms with Crippen molar-refractivity contribution in [2.75, 3.05) is 5.32 Å². The molecule has 0 aliphatic rings. The molecule has 1 atom stereocenters. The molecule has 0 fully saturated rings. The maximum absolute atomic E-state index is 12.2. The Morgan fingerprint density at radius 2 is 1.76 bits per heavy atom. The van der Waals surface area contributed by atoms with E-state index in [1.165, 1.54) is 17.3 Å². The summed E-state index contributed by atoms with van der Waals surface area (Å²) in [6.07, 6.45) is 0.997. The molecule has 2 nitrogen and oxygen atoms in total. The van der Waals surface area contributed by atoms with E-state index in [2.05, 4.69) is 12.2 Å². The Morgan fingerprint density at radius 3 is 2.33 bits per heavy atom. The summed E-state index contributed by atoms with van der Waals surface area (Å²) >= 11 is 7.37. The molecule has 1 unspecified atom stereocenters. The molecule has 0 saturated heterocycles. The highest BCUT2D eigenvalue weighted by Crippen LogP contribution is 2.25. The molecule has 2 aromatic rings. The first kappa shape index (κ1) is 15.9. The SMILES string of the molecule is CCc1ccc(NC(=O)C(C)Sc2ccc(Cl)cc2)cc1. The van der Waals surface area contributed by atoms with Gasteiger partial charge < -0.3 is 5.32 Å². The van der Waals surface area contributed by atoms with Gasteiger partial charge in [0.15, 0.2) is 0 Å². The maximum Gasteiger partial charge on any atom is 0.237 e. The van der Waals surface area contributed by atoms with Crippen LogP contribution in [0.25, 0.3) is 0 Å². The third-order valence-corrected chi connectivity index (χ3v) is 4.49. The number of benzene rings is 2. The molecule has 1 amide bonds.